The number of benzene rings is 1. The second kappa shape index (κ2) is 5.16. The largest absolute Gasteiger partial charge is 0.313 e. The van der Waals surface area contributed by atoms with Gasteiger partial charge in [0.15, 0.2) is 0 Å². The zero-order chi connectivity index (χ0) is 12.3. The first-order valence-electron chi connectivity index (χ1n) is 5.89. The lowest BCUT2D eigenvalue weighted by Gasteiger charge is -2.19. The van der Waals surface area contributed by atoms with Gasteiger partial charge in [-0.15, -0.1) is 0 Å². The van der Waals surface area contributed by atoms with Crippen molar-refractivity contribution >= 4 is 10.0 Å². The first-order chi connectivity index (χ1) is 8.10. The number of sulfonamides is 1. The van der Waals surface area contributed by atoms with Crippen molar-refractivity contribution in [2.45, 2.75) is 24.3 Å². The van der Waals surface area contributed by atoms with E-state index in [0.29, 0.717) is 30.6 Å². The summed E-state index contributed by atoms with van der Waals surface area (Å²) in [5, 5.41) is 3.29. The fraction of sp³-hybridized carbons (Fsp3) is 0.500. The Morgan fingerprint density at radius 1 is 1.24 bits per heavy atom. The lowest BCUT2D eigenvalue weighted by molar-refractivity contribution is 0.429. The number of hydrogen-bond donors (Lipinski definition) is 1. The van der Waals surface area contributed by atoms with Crippen LogP contribution in [-0.4, -0.2) is 38.4 Å². The molecule has 4 nitrogen and oxygen atoms in total. The third-order valence-electron chi connectivity index (χ3n) is 3.05. The quantitative estimate of drug-likeness (QED) is 0.858. The Hall–Kier alpha value is -0.910. The van der Waals surface area contributed by atoms with Crippen LogP contribution in [0.2, 0.25) is 0 Å². The Bertz CT molecular complexity index is 459. The van der Waals surface area contributed by atoms with Crippen LogP contribution >= 0.6 is 0 Å². The molecule has 1 atom stereocenters. The average molecular weight is 254 g/mol. The molecule has 94 valence electrons. The molecule has 0 radical (unpaired) electrons. The highest BCUT2D eigenvalue weighted by atomic mass is 32.2. The van der Waals surface area contributed by atoms with Crippen LogP contribution in [0.25, 0.3) is 0 Å². The summed E-state index contributed by atoms with van der Waals surface area (Å²) < 4.78 is 26.3. The van der Waals surface area contributed by atoms with Crippen molar-refractivity contribution in [1.29, 1.82) is 0 Å². The molecule has 5 heteroatoms. The maximum atomic E-state index is 12.3. The van der Waals surface area contributed by atoms with Gasteiger partial charge in [-0.3, -0.25) is 0 Å². The highest BCUT2D eigenvalue weighted by Gasteiger charge is 2.25. The third kappa shape index (κ3) is 2.86. The van der Waals surface area contributed by atoms with Crippen molar-refractivity contribution in [3.8, 4) is 0 Å². The van der Waals surface area contributed by atoms with Crippen molar-refractivity contribution in [1.82, 2.24) is 9.62 Å². The predicted molar refractivity (Wildman–Crippen MR) is 67.3 cm³/mol. The second-order valence-corrected chi connectivity index (χ2v) is 6.30. The van der Waals surface area contributed by atoms with Crippen LogP contribution in [0.1, 0.15) is 13.3 Å². The molecule has 1 aliphatic rings. The molecule has 1 unspecified atom stereocenters. The van der Waals surface area contributed by atoms with Crippen LogP contribution < -0.4 is 5.32 Å². The van der Waals surface area contributed by atoms with E-state index in [1.807, 2.05) is 6.07 Å². The molecule has 0 aromatic heterocycles. The molecule has 1 N–H and O–H groups in total. The molecule has 0 bridgehead atoms. The normalized spacial score (nSPS) is 23.2. The summed E-state index contributed by atoms with van der Waals surface area (Å²) in [5.41, 5.74) is 0. The lowest BCUT2D eigenvalue weighted by atomic mass is 10.2. The molecular formula is C12H18N2O2S. The number of nitrogens with zero attached hydrogens (tertiary/aromatic N) is 1. The van der Waals surface area contributed by atoms with Gasteiger partial charge in [-0.05, 0) is 25.5 Å². The van der Waals surface area contributed by atoms with Crippen LogP contribution in [0.3, 0.4) is 0 Å². The van der Waals surface area contributed by atoms with Gasteiger partial charge < -0.3 is 5.32 Å². The Morgan fingerprint density at radius 3 is 2.65 bits per heavy atom. The fourth-order valence-corrected chi connectivity index (χ4v) is 3.45. The topological polar surface area (TPSA) is 49.4 Å². The zero-order valence-electron chi connectivity index (χ0n) is 9.96. The number of nitrogens with one attached hydrogen (secondary N) is 1. The van der Waals surface area contributed by atoms with Gasteiger partial charge in [0.1, 0.15) is 0 Å². The Kier molecular flexibility index (Phi) is 3.81. The van der Waals surface area contributed by atoms with E-state index in [4.69, 9.17) is 0 Å². The van der Waals surface area contributed by atoms with Gasteiger partial charge in [0, 0.05) is 25.7 Å². The minimum Gasteiger partial charge on any atom is -0.313 e. The van der Waals surface area contributed by atoms with Crippen molar-refractivity contribution in [3.05, 3.63) is 30.3 Å². The monoisotopic (exact) mass is 254 g/mol. The SMILES string of the molecule is CC1CCN(S(=O)(=O)c2ccccc2)CCN1. The maximum absolute atomic E-state index is 12.3. The number of hydrogen-bond acceptors (Lipinski definition) is 3. The lowest BCUT2D eigenvalue weighted by Crippen LogP contribution is -2.34. The van der Waals surface area contributed by atoms with Gasteiger partial charge in [-0.1, -0.05) is 18.2 Å². The summed E-state index contributed by atoms with van der Waals surface area (Å²) in [4.78, 5) is 0.384. The van der Waals surface area contributed by atoms with E-state index >= 15 is 0 Å². The van der Waals surface area contributed by atoms with E-state index in [1.54, 1.807) is 28.6 Å². The molecule has 1 heterocycles. The molecular weight excluding hydrogens is 236 g/mol. The molecule has 0 amide bonds. The van der Waals surface area contributed by atoms with Crippen LogP contribution in [0.5, 0.6) is 0 Å². The van der Waals surface area contributed by atoms with E-state index < -0.39 is 10.0 Å². The van der Waals surface area contributed by atoms with Gasteiger partial charge in [0.05, 0.1) is 4.90 Å². The average Bonchev–Trinajstić information content (AvgIpc) is 2.55. The van der Waals surface area contributed by atoms with Gasteiger partial charge in [-0.25, -0.2) is 8.42 Å². The highest BCUT2D eigenvalue weighted by molar-refractivity contribution is 7.89. The molecule has 1 aromatic carbocycles. The maximum Gasteiger partial charge on any atom is 0.243 e. The first kappa shape index (κ1) is 12.5. The van der Waals surface area contributed by atoms with Gasteiger partial charge >= 0.3 is 0 Å². The van der Waals surface area contributed by atoms with E-state index in [0.717, 1.165) is 6.42 Å². The molecule has 17 heavy (non-hydrogen) atoms. The Balaban J connectivity index is 2.21. The van der Waals surface area contributed by atoms with Crippen LogP contribution in [0, 0.1) is 0 Å². The summed E-state index contributed by atoms with van der Waals surface area (Å²) in [7, 11) is -3.32. The Labute approximate surface area is 103 Å². The molecule has 1 saturated heterocycles. The summed E-state index contributed by atoms with van der Waals surface area (Å²) in [5.74, 6) is 0. The molecule has 1 aromatic rings. The van der Waals surface area contributed by atoms with E-state index in [9.17, 15) is 8.42 Å². The summed E-state index contributed by atoms with van der Waals surface area (Å²) in [6, 6.07) is 9.02. The van der Waals surface area contributed by atoms with E-state index in [-0.39, 0.29) is 0 Å². The Morgan fingerprint density at radius 2 is 1.94 bits per heavy atom. The van der Waals surface area contributed by atoms with Gasteiger partial charge in [-0.2, -0.15) is 4.31 Å². The third-order valence-corrected chi connectivity index (χ3v) is 4.96. The van der Waals surface area contributed by atoms with E-state index in [2.05, 4.69) is 12.2 Å². The molecule has 0 saturated carbocycles. The number of rotatable bonds is 2. The summed E-state index contributed by atoms with van der Waals surface area (Å²) in [6.07, 6.45) is 0.853. The zero-order valence-corrected chi connectivity index (χ0v) is 10.8. The van der Waals surface area contributed by atoms with Crippen molar-refractivity contribution in [2.75, 3.05) is 19.6 Å². The first-order valence-corrected chi connectivity index (χ1v) is 7.33. The standard InChI is InChI=1S/C12H18N2O2S/c1-11-7-9-14(10-8-13-11)17(15,16)12-5-3-2-4-6-12/h2-6,11,13H,7-10H2,1H3. The smallest absolute Gasteiger partial charge is 0.243 e. The molecule has 2 rings (SSSR count). The fourth-order valence-electron chi connectivity index (χ4n) is 1.97. The van der Waals surface area contributed by atoms with Crippen molar-refractivity contribution in [3.63, 3.8) is 0 Å². The minimum absolute atomic E-state index is 0.381. The molecule has 0 aliphatic carbocycles. The molecule has 1 fully saturated rings. The van der Waals surface area contributed by atoms with Crippen molar-refractivity contribution < 1.29 is 8.42 Å². The molecule has 1 aliphatic heterocycles. The summed E-state index contributed by atoms with van der Waals surface area (Å²) in [6.45, 7) is 3.93. The van der Waals surface area contributed by atoms with Gasteiger partial charge in [0.25, 0.3) is 0 Å². The van der Waals surface area contributed by atoms with E-state index in [1.165, 1.54) is 0 Å². The minimum atomic E-state index is -3.32. The highest BCUT2D eigenvalue weighted by Crippen LogP contribution is 2.16. The van der Waals surface area contributed by atoms with Crippen LogP contribution in [0.4, 0.5) is 0 Å². The second-order valence-electron chi connectivity index (χ2n) is 4.36. The summed E-state index contributed by atoms with van der Waals surface area (Å²) >= 11 is 0. The molecule has 0 spiro atoms. The van der Waals surface area contributed by atoms with Crippen LogP contribution in [0.15, 0.2) is 35.2 Å². The van der Waals surface area contributed by atoms with Gasteiger partial charge in [0.2, 0.25) is 10.0 Å². The van der Waals surface area contributed by atoms with Crippen LogP contribution in [-0.2, 0) is 10.0 Å². The van der Waals surface area contributed by atoms with Crippen molar-refractivity contribution in [2.24, 2.45) is 0 Å². The predicted octanol–water partition coefficient (Wildman–Crippen LogP) is 1.06.